The third-order valence-electron chi connectivity index (χ3n) is 3.70. The molecule has 0 aliphatic carbocycles. The first-order valence-electron chi connectivity index (χ1n) is 6.62. The molecule has 1 aromatic carbocycles. The van der Waals surface area contributed by atoms with Gasteiger partial charge in [-0.15, -0.1) is 0 Å². The molecule has 0 saturated carbocycles. The van der Waals surface area contributed by atoms with Gasteiger partial charge in [-0.2, -0.15) is 0 Å². The molecule has 1 fully saturated rings. The smallest absolute Gasteiger partial charge is 0.250 e. The van der Waals surface area contributed by atoms with Crippen LogP contribution in [0, 0.1) is 0 Å². The van der Waals surface area contributed by atoms with Crippen LogP contribution in [0.4, 0.5) is 5.69 Å². The Bertz CT molecular complexity index is 456. The predicted octanol–water partition coefficient (Wildman–Crippen LogP) is 2.02. The fourth-order valence-electron chi connectivity index (χ4n) is 2.59. The highest BCUT2D eigenvalue weighted by molar-refractivity contribution is 6.31. The summed E-state index contributed by atoms with van der Waals surface area (Å²) in [6.45, 7) is 2.06. The highest BCUT2D eigenvalue weighted by Gasteiger charge is 2.21. The molecule has 19 heavy (non-hydrogen) atoms. The molecule has 0 aromatic heterocycles. The van der Waals surface area contributed by atoms with E-state index in [2.05, 4.69) is 10.2 Å². The first-order valence-corrected chi connectivity index (χ1v) is 7.00. The minimum absolute atomic E-state index is 0.409. The van der Waals surface area contributed by atoms with Gasteiger partial charge in [-0.1, -0.05) is 11.6 Å². The molecule has 1 heterocycles. The summed E-state index contributed by atoms with van der Waals surface area (Å²) in [5.41, 5.74) is 6.80. The maximum absolute atomic E-state index is 11.5. The molecule has 0 spiro atoms. The van der Waals surface area contributed by atoms with Crippen molar-refractivity contribution >= 4 is 23.2 Å². The fourth-order valence-corrected chi connectivity index (χ4v) is 2.76. The van der Waals surface area contributed by atoms with Crippen molar-refractivity contribution in [1.29, 1.82) is 0 Å². The van der Waals surface area contributed by atoms with Crippen LogP contribution in [0.5, 0.6) is 0 Å². The van der Waals surface area contributed by atoms with Crippen molar-refractivity contribution in [2.75, 3.05) is 25.0 Å². The Balaban J connectivity index is 2.28. The summed E-state index contributed by atoms with van der Waals surface area (Å²) in [6, 6.07) is 5.63. The molecule has 1 atom stereocenters. The summed E-state index contributed by atoms with van der Waals surface area (Å²) >= 11 is 6.05. The van der Waals surface area contributed by atoms with E-state index < -0.39 is 5.91 Å². The first kappa shape index (κ1) is 14.2. The molecule has 5 heteroatoms. The number of halogens is 1. The van der Waals surface area contributed by atoms with Crippen LogP contribution in [0.3, 0.4) is 0 Å². The zero-order chi connectivity index (χ0) is 13.8. The summed E-state index contributed by atoms with van der Waals surface area (Å²) in [5.74, 6) is -0.412. The second kappa shape index (κ2) is 6.26. The number of amides is 1. The standard InChI is InChI=1S/C14H20ClN3O/c1-18(11-3-2-7-17-8-6-11)13-9-10(15)4-5-12(13)14(16)19/h4-5,9,11,17H,2-3,6-8H2,1H3,(H2,16,19). The average molecular weight is 282 g/mol. The Kier molecular flexibility index (Phi) is 4.66. The van der Waals surface area contributed by atoms with Gasteiger partial charge in [0.25, 0.3) is 5.91 Å². The minimum Gasteiger partial charge on any atom is -0.371 e. The molecule has 3 N–H and O–H groups in total. The third-order valence-corrected chi connectivity index (χ3v) is 3.93. The highest BCUT2D eigenvalue weighted by atomic mass is 35.5. The number of nitrogens with one attached hydrogen (secondary N) is 1. The molecule has 0 bridgehead atoms. The Morgan fingerprint density at radius 1 is 1.42 bits per heavy atom. The lowest BCUT2D eigenvalue weighted by Gasteiger charge is -2.30. The number of hydrogen-bond acceptors (Lipinski definition) is 3. The molecule has 1 aromatic rings. The number of carbonyl (C=O) groups is 1. The van der Waals surface area contributed by atoms with Gasteiger partial charge < -0.3 is 16.0 Å². The molecule has 104 valence electrons. The van der Waals surface area contributed by atoms with Crippen molar-refractivity contribution < 1.29 is 4.79 Å². The van der Waals surface area contributed by atoms with Crippen LogP contribution in [0.15, 0.2) is 18.2 Å². The van der Waals surface area contributed by atoms with Gasteiger partial charge in [-0.25, -0.2) is 0 Å². The summed E-state index contributed by atoms with van der Waals surface area (Å²) in [5, 5.41) is 4.01. The van der Waals surface area contributed by atoms with E-state index in [1.165, 1.54) is 0 Å². The van der Waals surface area contributed by atoms with Crippen LogP contribution in [-0.2, 0) is 0 Å². The summed E-state index contributed by atoms with van der Waals surface area (Å²) in [4.78, 5) is 13.7. The average Bonchev–Trinajstić information content (AvgIpc) is 2.66. The van der Waals surface area contributed by atoms with Crippen molar-refractivity contribution in [1.82, 2.24) is 5.32 Å². The molecular weight excluding hydrogens is 262 g/mol. The molecule has 1 unspecified atom stereocenters. The monoisotopic (exact) mass is 281 g/mol. The van der Waals surface area contributed by atoms with E-state index in [1.807, 2.05) is 13.1 Å². The lowest BCUT2D eigenvalue weighted by Crippen LogP contribution is -2.34. The van der Waals surface area contributed by atoms with Crippen molar-refractivity contribution in [2.45, 2.75) is 25.3 Å². The van der Waals surface area contributed by atoms with Crippen LogP contribution in [0.2, 0.25) is 5.02 Å². The van der Waals surface area contributed by atoms with Crippen molar-refractivity contribution in [3.8, 4) is 0 Å². The molecule has 0 radical (unpaired) electrons. The number of primary amides is 1. The third kappa shape index (κ3) is 3.39. The number of nitrogens with two attached hydrogens (primary N) is 1. The first-order chi connectivity index (χ1) is 9.09. The number of benzene rings is 1. The maximum Gasteiger partial charge on any atom is 0.250 e. The number of anilines is 1. The van der Waals surface area contributed by atoms with Crippen LogP contribution in [-0.4, -0.2) is 32.1 Å². The molecule has 1 aliphatic heterocycles. The van der Waals surface area contributed by atoms with Crippen LogP contribution in [0.25, 0.3) is 0 Å². The molecule has 1 amide bonds. The van der Waals surface area contributed by atoms with Gasteiger partial charge in [0.15, 0.2) is 0 Å². The van der Waals surface area contributed by atoms with Crippen LogP contribution >= 0.6 is 11.6 Å². The number of nitrogens with zero attached hydrogens (tertiary/aromatic N) is 1. The lowest BCUT2D eigenvalue weighted by molar-refractivity contribution is 0.100. The van der Waals surface area contributed by atoms with E-state index in [0.717, 1.165) is 38.0 Å². The van der Waals surface area contributed by atoms with E-state index in [4.69, 9.17) is 17.3 Å². The highest BCUT2D eigenvalue weighted by Crippen LogP contribution is 2.27. The molecule has 4 nitrogen and oxygen atoms in total. The second-order valence-corrected chi connectivity index (χ2v) is 5.41. The number of rotatable bonds is 3. The van der Waals surface area contributed by atoms with Crippen LogP contribution in [0.1, 0.15) is 29.6 Å². The summed E-state index contributed by atoms with van der Waals surface area (Å²) in [6.07, 6.45) is 3.30. The summed E-state index contributed by atoms with van der Waals surface area (Å²) in [7, 11) is 2.01. The van der Waals surface area contributed by atoms with E-state index in [1.54, 1.807) is 12.1 Å². The zero-order valence-electron chi connectivity index (χ0n) is 11.2. The van der Waals surface area contributed by atoms with Gasteiger partial charge in [0.1, 0.15) is 0 Å². The van der Waals surface area contributed by atoms with Gasteiger partial charge in [0.2, 0.25) is 0 Å². The van der Waals surface area contributed by atoms with Gasteiger partial charge in [-0.3, -0.25) is 4.79 Å². The molecule has 2 rings (SSSR count). The van der Waals surface area contributed by atoms with Crippen molar-refractivity contribution in [3.05, 3.63) is 28.8 Å². The zero-order valence-corrected chi connectivity index (χ0v) is 11.9. The Morgan fingerprint density at radius 2 is 2.21 bits per heavy atom. The minimum atomic E-state index is -0.412. The quantitative estimate of drug-likeness (QED) is 0.891. The molecular formula is C14H20ClN3O. The van der Waals surface area contributed by atoms with Gasteiger partial charge in [0, 0.05) is 18.1 Å². The van der Waals surface area contributed by atoms with Gasteiger partial charge in [-0.05, 0) is 50.6 Å². The van der Waals surface area contributed by atoms with E-state index in [-0.39, 0.29) is 0 Å². The van der Waals surface area contributed by atoms with Crippen molar-refractivity contribution in [3.63, 3.8) is 0 Å². The van der Waals surface area contributed by atoms with Gasteiger partial charge >= 0.3 is 0 Å². The maximum atomic E-state index is 11.5. The van der Waals surface area contributed by atoms with Gasteiger partial charge in [0.05, 0.1) is 11.3 Å². The van der Waals surface area contributed by atoms with Crippen LogP contribution < -0.4 is 16.0 Å². The lowest BCUT2D eigenvalue weighted by atomic mass is 10.0. The fraction of sp³-hybridized carbons (Fsp3) is 0.500. The SMILES string of the molecule is CN(c1cc(Cl)ccc1C(N)=O)C1CCCNCC1. The van der Waals surface area contributed by atoms with E-state index >= 15 is 0 Å². The molecule has 1 saturated heterocycles. The Morgan fingerprint density at radius 3 is 2.95 bits per heavy atom. The topological polar surface area (TPSA) is 58.4 Å². The molecule has 1 aliphatic rings. The number of hydrogen-bond donors (Lipinski definition) is 2. The number of carbonyl (C=O) groups excluding carboxylic acids is 1. The summed E-state index contributed by atoms with van der Waals surface area (Å²) < 4.78 is 0. The van der Waals surface area contributed by atoms with Crippen molar-refractivity contribution in [2.24, 2.45) is 5.73 Å². The normalized spacial score (nSPS) is 19.8. The largest absolute Gasteiger partial charge is 0.371 e. The second-order valence-electron chi connectivity index (χ2n) is 4.97. The van der Waals surface area contributed by atoms with E-state index in [9.17, 15) is 4.79 Å². The predicted molar refractivity (Wildman–Crippen MR) is 78.9 cm³/mol. The Labute approximate surface area is 118 Å². The Hall–Kier alpha value is -1.26. The van der Waals surface area contributed by atoms with E-state index in [0.29, 0.717) is 16.6 Å².